The van der Waals surface area contributed by atoms with Gasteiger partial charge in [0.15, 0.2) is 16.1 Å². The fourth-order valence-corrected chi connectivity index (χ4v) is 3.16. The van der Waals surface area contributed by atoms with E-state index in [0.29, 0.717) is 0 Å². The Morgan fingerprint density at radius 1 is 1.32 bits per heavy atom. The molecule has 0 aliphatic heterocycles. The fourth-order valence-electron chi connectivity index (χ4n) is 1.51. The molecule has 1 unspecified atom stereocenters. The van der Waals surface area contributed by atoms with Crippen molar-refractivity contribution >= 4 is 51.6 Å². The molecule has 10 heteroatoms. The molecule has 22 heavy (non-hydrogen) atoms. The van der Waals surface area contributed by atoms with Crippen molar-refractivity contribution in [2.75, 3.05) is 11.8 Å². The molecule has 1 heterocycles. The number of nitrogens with one attached hydrogen (secondary N) is 1. The van der Waals surface area contributed by atoms with Gasteiger partial charge in [0.1, 0.15) is 5.69 Å². The van der Waals surface area contributed by atoms with Crippen molar-refractivity contribution in [1.82, 2.24) is 9.97 Å². The molecular formula is C12H10Cl3N3O3S. The molecule has 0 radical (unpaired) electrons. The van der Waals surface area contributed by atoms with Crippen LogP contribution in [0.4, 0.5) is 5.82 Å². The van der Waals surface area contributed by atoms with Gasteiger partial charge in [0, 0.05) is 0 Å². The van der Waals surface area contributed by atoms with Crippen LogP contribution in [0.25, 0.3) is 0 Å². The van der Waals surface area contributed by atoms with E-state index in [1.54, 1.807) is 18.2 Å². The highest BCUT2D eigenvalue weighted by Crippen LogP contribution is 2.30. The Kier molecular flexibility index (Phi) is 5.82. The number of ether oxygens (including phenoxy) is 1. The molecule has 1 aromatic carbocycles. The lowest BCUT2D eigenvalue weighted by Gasteiger charge is -2.11. The lowest BCUT2D eigenvalue weighted by Crippen LogP contribution is -2.10. The maximum atomic E-state index is 12.4. The van der Waals surface area contributed by atoms with E-state index in [0.717, 1.165) is 0 Å². The Morgan fingerprint density at radius 3 is 2.68 bits per heavy atom. The highest BCUT2D eigenvalue weighted by atomic mass is 35.5. The lowest BCUT2D eigenvalue weighted by molar-refractivity contribution is 0.274. The molecule has 0 aliphatic carbocycles. The number of anilines is 1. The van der Waals surface area contributed by atoms with Crippen LogP contribution in [0.2, 0.25) is 15.2 Å². The quantitative estimate of drug-likeness (QED) is 0.830. The molecule has 1 atom stereocenters. The average Bonchev–Trinajstić information content (AvgIpc) is 2.50. The zero-order valence-electron chi connectivity index (χ0n) is 11.1. The first-order valence-corrected chi connectivity index (χ1v) is 8.10. The standard InChI is InChI=1S/C12H10Cl3N3O3S/c1-21-12-11(17-10(15)7(5-19)16-12)18-22(20)8-4-2-3-6(13)9(8)14/h2-4,19H,5H2,1H3,(H,17,18). The van der Waals surface area contributed by atoms with Crippen molar-refractivity contribution in [3.63, 3.8) is 0 Å². The highest BCUT2D eigenvalue weighted by Gasteiger charge is 2.17. The second-order valence-corrected chi connectivity index (χ2v) is 6.22. The smallest absolute Gasteiger partial charge is 0.258 e. The Morgan fingerprint density at radius 2 is 2.05 bits per heavy atom. The third-order valence-electron chi connectivity index (χ3n) is 2.54. The van der Waals surface area contributed by atoms with Crippen molar-refractivity contribution in [3.8, 4) is 5.88 Å². The topological polar surface area (TPSA) is 84.3 Å². The first-order valence-electron chi connectivity index (χ1n) is 5.81. The first-order chi connectivity index (χ1) is 10.5. The van der Waals surface area contributed by atoms with Crippen LogP contribution in [0.3, 0.4) is 0 Å². The molecule has 0 fully saturated rings. The molecule has 2 rings (SSSR count). The molecule has 1 aromatic heterocycles. The van der Waals surface area contributed by atoms with Gasteiger partial charge in [0.2, 0.25) is 5.82 Å². The van der Waals surface area contributed by atoms with Gasteiger partial charge in [0.05, 0.1) is 28.7 Å². The predicted octanol–water partition coefficient (Wildman–Crippen LogP) is 3.07. The van der Waals surface area contributed by atoms with Gasteiger partial charge in [-0.1, -0.05) is 40.9 Å². The molecule has 0 spiro atoms. The molecule has 2 aromatic rings. The molecule has 0 aliphatic rings. The van der Waals surface area contributed by atoms with Gasteiger partial charge >= 0.3 is 0 Å². The second-order valence-electron chi connectivity index (χ2n) is 3.90. The fraction of sp³-hybridized carbons (Fsp3) is 0.167. The maximum Gasteiger partial charge on any atom is 0.258 e. The van der Waals surface area contributed by atoms with Gasteiger partial charge in [-0.25, -0.2) is 14.2 Å². The molecule has 0 amide bonds. The summed E-state index contributed by atoms with van der Waals surface area (Å²) in [6.07, 6.45) is 0. The Labute approximate surface area is 144 Å². The molecule has 0 saturated carbocycles. The van der Waals surface area contributed by atoms with E-state index in [1.807, 2.05) is 0 Å². The normalized spacial score (nSPS) is 12.0. The van der Waals surface area contributed by atoms with Crippen LogP contribution in [0.15, 0.2) is 23.1 Å². The molecule has 2 N–H and O–H groups in total. The molecule has 0 saturated heterocycles. The first kappa shape index (κ1) is 17.2. The van der Waals surface area contributed by atoms with E-state index >= 15 is 0 Å². The zero-order valence-corrected chi connectivity index (χ0v) is 14.2. The molecule has 0 bridgehead atoms. The van der Waals surface area contributed by atoms with Gasteiger partial charge in [-0.05, 0) is 12.1 Å². The van der Waals surface area contributed by atoms with E-state index in [2.05, 4.69) is 14.7 Å². The number of aromatic nitrogens is 2. The maximum absolute atomic E-state index is 12.4. The number of benzene rings is 1. The average molecular weight is 383 g/mol. The van der Waals surface area contributed by atoms with E-state index in [4.69, 9.17) is 44.6 Å². The van der Waals surface area contributed by atoms with Gasteiger partial charge in [0.25, 0.3) is 5.88 Å². The number of aliphatic hydroxyl groups excluding tert-OH is 1. The summed E-state index contributed by atoms with van der Waals surface area (Å²) in [4.78, 5) is 8.22. The summed E-state index contributed by atoms with van der Waals surface area (Å²) in [6, 6.07) is 4.76. The largest absolute Gasteiger partial charge is 0.478 e. The Balaban J connectivity index is 2.36. The van der Waals surface area contributed by atoms with E-state index < -0.39 is 17.6 Å². The van der Waals surface area contributed by atoms with E-state index in [9.17, 15) is 4.21 Å². The van der Waals surface area contributed by atoms with E-state index in [1.165, 1.54) is 7.11 Å². The van der Waals surface area contributed by atoms with Crippen molar-refractivity contribution in [1.29, 1.82) is 0 Å². The van der Waals surface area contributed by atoms with Crippen molar-refractivity contribution in [3.05, 3.63) is 39.1 Å². The monoisotopic (exact) mass is 381 g/mol. The van der Waals surface area contributed by atoms with E-state index in [-0.39, 0.29) is 37.5 Å². The van der Waals surface area contributed by atoms with Crippen molar-refractivity contribution in [2.45, 2.75) is 11.5 Å². The van der Waals surface area contributed by atoms with Crippen LogP contribution in [-0.4, -0.2) is 26.4 Å². The number of aliphatic hydroxyl groups is 1. The number of methoxy groups -OCH3 is 1. The summed E-state index contributed by atoms with van der Waals surface area (Å²) < 4.78 is 20.0. The Hall–Kier alpha value is -1.12. The minimum Gasteiger partial charge on any atom is -0.478 e. The molecule has 6 nitrogen and oxygen atoms in total. The predicted molar refractivity (Wildman–Crippen MR) is 86.0 cm³/mol. The van der Waals surface area contributed by atoms with Gasteiger partial charge in [-0.2, -0.15) is 0 Å². The van der Waals surface area contributed by atoms with Crippen LogP contribution in [0.5, 0.6) is 5.88 Å². The summed E-state index contributed by atoms with van der Waals surface area (Å²) >= 11 is 17.8. The zero-order chi connectivity index (χ0) is 16.3. The van der Waals surface area contributed by atoms with Crippen LogP contribution >= 0.6 is 34.8 Å². The second kappa shape index (κ2) is 7.43. The summed E-state index contributed by atoms with van der Waals surface area (Å²) in [5, 5.41) is 9.52. The van der Waals surface area contributed by atoms with Crippen LogP contribution in [-0.2, 0) is 17.6 Å². The number of halogens is 3. The highest BCUT2D eigenvalue weighted by molar-refractivity contribution is 7.86. The summed E-state index contributed by atoms with van der Waals surface area (Å²) in [5.41, 5.74) is 0.149. The minimum absolute atomic E-state index is 0.0278. The van der Waals surface area contributed by atoms with Gasteiger partial charge in [-0.3, -0.25) is 4.72 Å². The number of nitrogens with zero attached hydrogens (tertiary/aromatic N) is 2. The third kappa shape index (κ3) is 3.61. The summed E-state index contributed by atoms with van der Waals surface area (Å²) in [7, 11) is -0.394. The lowest BCUT2D eigenvalue weighted by atomic mass is 10.4. The van der Waals surface area contributed by atoms with Gasteiger partial charge < -0.3 is 9.84 Å². The summed E-state index contributed by atoms with van der Waals surface area (Å²) in [5.74, 6) is 0.0963. The summed E-state index contributed by atoms with van der Waals surface area (Å²) in [6.45, 7) is -0.397. The Bertz CT molecular complexity index is 730. The molecular weight excluding hydrogens is 373 g/mol. The van der Waals surface area contributed by atoms with Crippen LogP contribution in [0, 0.1) is 0 Å². The van der Waals surface area contributed by atoms with Crippen molar-refractivity contribution in [2.24, 2.45) is 0 Å². The number of hydrogen-bond donors (Lipinski definition) is 2. The molecule has 118 valence electrons. The SMILES string of the molecule is COc1nc(CO)c(Cl)nc1NS(=O)c1cccc(Cl)c1Cl. The third-order valence-corrected chi connectivity index (χ3v) is 4.89. The van der Waals surface area contributed by atoms with Crippen LogP contribution in [0.1, 0.15) is 5.69 Å². The van der Waals surface area contributed by atoms with Crippen LogP contribution < -0.4 is 9.46 Å². The number of hydrogen-bond acceptors (Lipinski definition) is 5. The minimum atomic E-state index is -1.75. The number of rotatable bonds is 5. The van der Waals surface area contributed by atoms with Crippen molar-refractivity contribution < 1.29 is 14.1 Å². The van der Waals surface area contributed by atoms with Gasteiger partial charge in [-0.15, -0.1) is 0 Å².